The Bertz CT molecular complexity index is 1000. The zero-order valence-electron chi connectivity index (χ0n) is 15.6. The van der Waals surface area contributed by atoms with Crippen molar-refractivity contribution in [1.29, 1.82) is 0 Å². The molecule has 4 rings (SSSR count). The van der Waals surface area contributed by atoms with Crippen molar-refractivity contribution >= 4 is 27.7 Å². The number of benzene rings is 1. The normalized spacial score (nSPS) is 22.0. The minimum atomic E-state index is -0.453. The highest BCUT2D eigenvalue weighted by Gasteiger charge is 2.41. The monoisotopic (exact) mass is 441 g/mol. The van der Waals surface area contributed by atoms with Crippen LogP contribution in [0.15, 0.2) is 74.1 Å². The summed E-state index contributed by atoms with van der Waals surface area (Å²) in [6.07, 6.45) is 2.64. The van der Waals surface area contributed by atoms with Gasteiger partial charge < -0.3 is 14.5 Å². The summed E-state index contributed by atoms with van der Waals surface area (Å²) in [7, 11) is 1.36. The maximum Gasteiger partial charge on any atom is 0.336 e. The molecule has 1 aliphatic heterocycles. The smallest absolute Gasteiger partial charge is 0.336 e. The molecule has 28 heavy (non-hydrogen) atoms. The van der Waals surface area contributed by atoms with Gasteiger partial charge in [-0.2, -0.15) is 0 Å². The molecule has 2 aliphatic rings. The molecule has 2 aromatic rings. The number of ketones is 1. The predicted molar refractivity (Wildman–Crippen MR) is 107 cm³/mol. The van der Waals surface area contributed by atoms with Crippen LogP contribution in [0.4, 0.5) is 0 Å². The molecule has 0 saturated heterocycles. The average Bonchev–Trinajstić information content (AvgIpc) is 3.21. The number of hydrogen-bond donors (Lipinski definition) is 1. The van der Waals surface area contributed by atoms with Crippen LogP contribution in [0, 0.1) is 0 Å². The highest BCUT2D eigenvalue weighted by atomic mass is 79.9. The Labute approximate surface area is 171 Å². The van der Waals surface area contributed by atoms with E-state index in [0.717, 1.165) is 21.5 Å². The number of halogens is 1. The number of nitrogens with one attached hydrogen (secondary N) is 1. The molecular formula is C22H20BrNO4. The number of esters is 1. The number of carbonyl (C=O) groups is 2. The van der Waals surface area contributed by atoms with Gasteiger partial charge in [-0.3, -0.25) is 4.79 Å². The molecule has 1 aromatic carbocycles. The van der Waals surface area contributed by atoms with Crippen molar-refractivity contribution in [3.63, 3.8) is 0 Å². The number of ether oxygens (including phenoxy) is 1. The summed E-state index contributed by atoms with van der Waals surface area (Å²) in [5.41, 5.74) is 3.57. The van der Waals surface area contributed by atoms with Gasteiger partial charge in [0.1, 0.15) is 5.76 Å². The van der Waals surface area contributed by atoms with E-state index in [1.807, 2.05) is 43.3 Å². The number of rotatable bonds is 3. The van der Waals surface area contributed by atoms with Gasteiger partial charge in [0.2, 0.25) is 0 Å². The van der Waals surface area contributed by atoms with E-state index in [-0.39, 0.29) is 11.7 Å². The highest BCUT2D eigenvalue weighted by molar-refractivity contribution is 9.10. The van der Waals surface area contributed by atoms with Crippen LogP contribution in [0.25, 0.3) is 0 Å². The second-order valence-corrected chi connectivity index (χ2v) is 7.99. The Morgan fingerprint density at radius 3 is 2.75 bits per heavy atom. The van der Waals surface area contributed by atoms with Gasteiger partial charge in [-0.15, -0.1) is 0 Å². The van der Waals surface area contributed by atoms with Gasteiger partial charge in [-0.05, 0) is 43.2 Å². The van der Waals surface area contributed by atoms with Crippen molar-refractivity contribution in [2.75, 3.05) is 7.11 Å². The first-order valence-corrected chi connectivity index (χ1v) is 9.90. The standard InChI is InChI=1S/C22H20BrNO4/c1-12-19(22(26)27-2)20(13-5-3-6-15(23)9-13)21-16(24-12)10-14(11-17(21)25)18-7-4-8-28-18/h3-9,14,20,24H,10-11H2,1-2H3/t14-,20+/m0/s1. The van der Waals surface area contributed by atoms with Crippen LogP contribution in [-0.2, 0) is 14.3 Å². The van der Waals surface area contributed by atoms with Crippen LogP contribution in [0.5, 0.6) is 0 Å². The van der Waals surface area contributed by atoms with Crippen molar-refractivity contribution in [3.8, 4) is 0 Å². The number of hydrogen-bond acceptors (Lipinski definition) is 5. The fourth-order valence-corrected chi connectivity index (χ4v) is 4.58. The van der Waals surface area contributed by atoms with Gasteiger partial charge in [0.15, 0.2) is 5.78 Å². The SMILES string of the molecule is COC(=O)C1=C(C)NC2=C(C(=O)C[C@@H](c3ccco3)C2)[C@@H]1c1cccc(Br)c1. The molecule has 0 spiro atoms. The van der Waals surface area contributed by atoms with Crippen LogP contribution in [0.1, 0.15) is 42.9 Å². The second-order valence-electron chi connectivity index (χ2n) is 7.08. The van der Waals surface area contributed by atoms with Gasteiger partial charge in [0.05, 0.1) is 18.9 Å². The summed E-state index contributed by atoms with van der Waals surface area (Å²) in [4.78, 5) is 25.8. The van der Waals surface area contributed by atoms with Crippen LogP contribution >= 0.6 is 15.9 Å². The van der Waals surface area contributed by atoms with Crippen LogP contribution < -0.4 is 5.32 Å². The average molecular weight is 442 g/mol. The van der Waals surface area contributed by atoms with Crippen molar-refractivity contribution < 1.29 is 18.7 Å². The van der Waals surface area contributed by atoms with Crippen LogP contribution in [0.2, 0.25) is 0 Å². The van der Waals surface area contributed by atoms with Crippen molar-refractivity contribution in [2.24, 2.45) is 0 Å². The topological polar surface area (TPSA) is 68.5 Å². The van der Waals surface area contributed by atoms with E-state index in [4.69, 9.17) is 9.15 Å². The number of carbonyl (C=O) groups excluding carboxylic acids is 2. The molecule has 0 unspecified atom stereocenters. The number of Topliss-reactive ketones (excluding diaryl/α,β-unsaturated/α-hetero) is 1. The minimum absolute atomic E-state index is 0.00983. The molecule has 144 valence electrons. The molecule has 6 heteroatoms. The van der Waals surface area contributed by atoms with Gasteiger partial charge in [0.25, 0.3) is 0 Å². The largest absolute Gasteiger partial charge is 0.469 e. The summed E-state index contributed by atoms with van der Waals surface area (Å²) in [6, 6.07) is 11.5. The first-order valence-electron chi connectivity index (χ1n) is 9.10. The summed E-state index contributed by atoms with van der Waals surface area (Å²) >= 11 is 3.50. The van der Waals surface area contributed by atoms with Gasteiger partial charge >= 0.3 is 5.97 Å². The van der Waals surface area contributed by atoms with Gasteiger partial charge in [0, 0.05) is 39.7 Å². The predicted octanol–water partition coefficient (Wildman–Crippen LogP) is 4.58. The van der Waals surface area contributed by atoms with E-state index in [2.05, 4.69) is 21.2 Å². The molecule has 1 aromatic heterocycles. The fourth-order valence-electron chi connectivity index (χ4n) is 4.16. The fraction of sp³-hybridized carbons (Fsp3) is 0.273. The summed E-state index contributed by atoms with van der Waals surface area (Å²) in [5, 5.41) is 3.30. The third-order valence-corrected chi connectivity index (χ3v) is 5.85. The first kappa shape index (κ1) is 18.7. The number of furan rings is 1. The molecule has 1 aliphatic carbocycles. The third kappa shape index (κ3) is 3.22. The minimum Gasteiger partial charge on any atom is -0.469 e. The number of methoxy groups -OCH3 is 1. The Kier molecular flexibility index (Phi) is 4.98. The van der Waals surface area contributed by atoms with E-state index in [1.54, 1.807) is 6.26 Å². The lowest BCUT2D eigenvalue weighted by Crippen LogP contribution is -2.35. The summed E-state index contributed by atoms with van der Waals surface area (Å²) < 4.78 is 11.5. The molecular weight excluding hydrogens is 422 g/mol. The lowest BCUT2D eigenvalue weighted by atomic mass is 9.72. The van der Waals surface area contributed by atoms with Crippen LogP contribution in [0.3, 0.4) is 0 Å². The lowest BCUT2D eigenvalue weighted by Gasteiger charge is -2.36. The molecule has 0 saturated carbocycles. The van der Waals surface area contributed by atoms with Crippen molar-refractivity contribution in [3.05, 3.63) is 81.0 Å². The Morgan fingerprint density at radius 2 is 2.07 bits per heavy atom. The summed E-state index contributed by atoms with van der Waals surface area (Å²) in [5.74, 6) is -0.0618. The van der Waals surface area contributed by atoms with Gasteiger partial charge in [-0.1, -0.05) is 28.1 Å². The maximum atomic E-state index is 13.2. The third-order valence-electron chi connectivity index (χ3n) is 5.36. The van der Waals surface area contributed by atoms with Crippen LogP contribution in [-0.4, -0.2) is 18.9 Å². The zero-order chi connectivity index (χ0) is 19.8. The quantitative estimate of drug-likeness (QED) is 0.706. The van der Waals surface area contributed by atoms with Gasteiger partial charge in [-0.25, -0.2) is 4.79 Å². The number of dihydropyridines is 1. The molecule has 0 radical (unpaired) electrons. The van der Waals surface area contributed by atoms with Crippen molar-refractivity contribution in [1.82, 2.24) is 5.32 Å². The van der Waals surface area contributed by atoms with E-state index in [0.29, 0.717) is 29.7 Å². The molecule has 2 heterocycles. The molecule has 2 atom stereocenters. The lowest BCUT2D eigenvalue weighted by molar-refractivity contribution is -0.136. The van der Waals surface area contributed by atoms with E-state index >= 15 is 0 Å². The molecule has 1 N–H and O–H groups in total. The highest BCUT2D eigenvalue weighted by Crippen LogP contribution is 2.45. The molecule has 0 amide bonds. The number of allylic oxidation sites excluding steroid dienone is 3. The Hall–Kier alpha value is -2.60. The maximum absolute atomic E-state index is 13.2. The first-order chi connectivity index (χ1) is 13.5. The van der Waals surface area contributed by atoms with E-state index in [9.17, 15) is 9.59 Å². The zero-order valence-corrected chi connectivity index (χ0v) is 17.2. The molecule has 0 fully saturated rings. The molecule has 0 bridgehead atoms. The Balaban J connectivity index is 1.83. The molecule has 5 nitrogen and oxygen atoms in total. The summed E-state index contributed by atoms with van der Waals surface area (Å²) in [6.45, 7) is 1.85. The van der Waals surface area contributed by atoms with Crippen molar-refractivity contribution in [2.45, 2.75) is 31.6 Å². The Morgan fingerprint density at radius 1 is 1.25 bits per heavy atom. The van der Waals surface area contributed by atoms with E-state index < -0.39 is 11.9 Å². The second kappa shape index (κ2) is 7.43. The van der Waals surface area contributed by atoms with E-state index in [1.165, 1.54) is 7.11 Å².